The molecule has 2 aromatic heterocycles. The Kier molecular flexibility index (Phi) is 8.77. The number of halogens is 1. The van der Waals surface area contributed by atoms with Crippen molar-refractivity contribution in [2.45, 2.75) is 20.0 Å². The third-order valence-corrected chi connectivity index (χ3v) is 3.95. The highest BCUT2D eigenvalue weighted by molar-refractivity contribution is 7.15. The normalized spacial score (nSPS) is 10.6. The van der Waals surface area contributed by atoms with E-state index in [4.69, 9.17) is 14.9 Å². The summed E-state index contributed by atoms with van der Waals surface area (Å²) in [4.78, 5) is 18.7. The minimum absolute atomic E-state index is 0. The van der Waals surface area contributed by atoms with Crippen LogP contribution in [0.25, 0.3) is 0 Å². The molecule has 2 N–H and O–H groups in total. The number of hydrogen-bond acceptors (Lipinski definition) is 8. The van der Waals surface area contributed by atoms with Crippen LogP contribution < -0.4 is 5.73 Å². The van der Waals surface area contributed by atoms with Gasteiger partial charge in [0.2, 0.25) is 5.76 Å². The summed E-state index contributed by atoms with van der Waals surface area (Å²) in [5.74, 6) is 0.418. The quantitative estimate of drug-likeness (QED) is 0.532. The van der Waals surface area contributed by atoms with Gasteiger partial charge >= 0.3 is 5.97 Å². The van der Waals surface area contributed by atoms with Crippen LogP contribution in [-0.2, 0) is 22.6 Å². The van der Waals surface area contributed by atoms with Crippen molar-refractivity contribution < 1.29 is 18.7 Å². The first-order valence-electron chi connectivity index (χ1n) is 7.29. The molecule has 24 heavy (non-hydrogen) atoms. The average molecular weight is 376 g/mol. The van der Waals surface area contributed by atoms with Gasteiger partial charge in [-0.1, -0.05) is 0 Å². The van der Waals surface area contributed by atoms with Crippen molar-refractivity contribution in [3.63, 3.8) is 0 Å². The molecule has 0 saturated carbocycles. The summed E-state index contributed by atoms with van der Waals surface area (Å²) in [6, 6.07) is 3.40. The lowest BCUT2D eigenvalue weighted by molar-refractivity contribution is 0.0559. The van der Waals surface area contributed by atoms with Gasteiger partial charge in [0.25, 0.3) is 0 Å². The van der Waals surface area contributed by atoms with E-state index in [9.17, 15) is 4.79 Å². The second-order valence-corrected chi connectivity index (χ2v) is 5.98. The maximum absolute atomic E-state index is 11.4. The lowest BCUT2D eigenvalue weighted by Gasteiger charge is -2.20. The minimum Gasteiger partial charge on any atom is -0.463 e. The number of hydrogen-bond donors (Lipinski definition) is 1. The number of nitrogen functional groups attached to an aromatic ring is 1. The number of thiazole rings is 1. The van der Waals surface area contributed by atoms with Gasteiger partial charge in [0, 0.05) is 30.8 Å². The maximum Gasteiger partial charge on any atom is 0.373 e. The predicted octanol–water partition coefficient (Wildman–Crippen LogP) is 2.57. The Labute approximate surface area is 151 Å². The Morgan fingerprint density at radius 2 is 2.21 bits per heavy atom. The predicted molar refractivity (Wildman–Crippen MR) is 94.4 cm³/mol. The van der Waals surface area contributed by atoms with E-state index < -0.39 is 5.97 Å². The third-order valence-electron chi connectivity index (χ3n) is 3.13. The highest BCUT2D eigenvalue weighted by atomic mass is 35.5. The summed E-state index contributed by atoms with van der Waals surface area (Å²) >= 11 is 1.46. The molecule has 2 rings (SSSR count). The van der Waals surface area contributed by atoms with E-state index >= 15 is 0 Å². The van der Waals surface area contributed by atoms with E-state index in [0.717, 1.165) is 11.4 Å². The van der Waals surface area contributed by atoms with Crippen LogP contribution in [0, 0.1) is 0 Å². The molecule has 0 unspecified atom stereocenters. The SMILES string of the molecule is CCOCCN(Cc1ccc(C(=O)OC)o1)Cc1cnc(N)s1.Cl. The number of carbonyl (C=O) groups is 1. The van der Waals surface area contributed by atoms with Gasteiger partial charge in [0.05, 0.1) is 20.3 Å². The van der Waals surface area contributed by atoms with Gasteiger partial charge in [-0.25, -0.2) is 9.78 Å². The van der Waals surface area contributed by atoms with Crippen LogP contribution in [0.2, 0.25) is 0 Å². The number of esters is 1. The van der Waals surface area contributed by atoms with Gasteiger partial charge in [-0.3, -0.25) is 4.90 Å². The topological polar surface area (TPSA) is 90.8 Å². The number of methoxy groups -OCH3 is 1. The molecule has 0 fully saturated rings. The van der Waals surface area contributed by atoms with Crippen LogP contribution in [0.1, 0.15) is 28.1 Å². The van der Waals surface area contributed by atoms with Crippen molar-refractivity contribution >= 4 is 34.8 Å². The zero-order valence-corrected chi connectivity index (χ0v) is 15.3. The Morgan fingerprint density at radius 3 is 2.83 bits per heavy atom. The highest BCUT2D eigenvalue weighted by Gasteiger charge is 2.15. The molecule has 0 saturated heterocycles. The van der Waals surface area contributed by atoms with Crippen LogP contribution in [0.4, 0.5) is 5.13 Å². The number of anilines is 1. The Morgan fingerprint density at radius 1 is 1.42 bits per heavy atom. The second kappa shape index (κ2) is 10.3. The number of ether oxygens (including phenoxy) is 2. The lowest BCUT2D eigenvalue weighted by Crippen LogP contribution is -2.26. The number of nitrogens with zero attached hydrogens (tertiary/aromatic N) is 2. The van der Waals surface area contributed by atoms with E-state index in [1.807, 2.05) is 6.92 Å². The summed E-state index contributed by atoms with van der Waals surface area (Å²) in [6.07, 6.45) is 1.77. The fraction of sp³-hybridized carbons (Fsp3) is 0.467. The van der Waals surface area contributed by atoms with Crippen LogP contribution in [0.15, 0.2) is 22.7 Å². The first-order valence-corrected chi connectivity index (χ1v) is 8.11. The molecule has 7 nitrogen and oxygen atoms in total. The largest absolute Gasteiger partial charge is 0.463 e. The zero-order chi connectivity index (χ0) is 16.7. The standard InChI is InChI=1S/C15H21N3O4S.ClH/c1-3-21-7-6-18(10-12-8-17-15(16)23-12)9-11-4-5-13(22-11)14(19)20-2;/h4-5,8H,3,6-7,9-10H2,1-2H3,(H2,16,17);1H. The summed E-state index contributed by atoms with van der Waals surface area (Å²) in [5, 5.41) is 0.552. The number of aromatic nitrogens is 1. The Hall–Kier alpha value is -1.61. The number of carbonyl (C=O) groups excluding carboxylic acids is 1. The third kappa shape index (κ3) is 6.12. The van der Waals surface area contributed by atoms with E-state index in [-0.39, 0.29) is 18.2 Å². The molecular weight excluding hydrogens is 354 g/mol. The molecule has 9 heteroatoms. The summed E-state index contributed by atoms with van der Waals surface area (Å²) in [6.45, 7) is 5.24. The molecule has 134 valence electrons. The monoisotopic (exact) mass is 375 g/mol. The molecule has 0 aliphatic rings. The highest BCUT2D eigenvalue weighted by Crippen LogP contribution is 2.19. The zero-order valence-electron chi connectivity index (χ0n) is 13.7. The van der Waals surface area contributed by atoms with E-state index in [0.29, 0.717) is 37.2 Å². The Balaban J connectivity index is 0.00000288. The molecular formula is C15H22ClN3O4S. The van der Waals surface area contributed by atoms with Crippen LogP contribution >= 0.6 is 23.7 Å². The van der Waals surface area contributed by atoms with E-state index in [2.05, 4.69) is 14.6 Å². The van der Waals surface area contributed by atoms with E-state index in [1.165, 1.54) is 18.4 Å². The fourth-order valence-electron chi connectivity index (χ4n) is 2.06. The number of furan rings is 1. The van der Waals surface area contributed by atoms with Crippen molar-refractivity contribution in [2.24, 2.45) is 0 Å². The number of nitrogens with two attached hydrogens (primary N) is 1. The molecule has 0 radical (unpaired) electrons. The van der Waals surface area contributed by atoms with E-state index in [1.54, 1.807) is 18.3 Å². The summed E-state index contributed by atoms with van der Waals surface area (Å²) in [7, 11) is 1.33. The summed E-state index contributed by atoms with van der Waals surface area (Å²) < 4.78 is 15.6. The molecule has 0 bridgehead atoms. The van der Waals surface area contributed by atoms with Crippen molar-refractivity contribution in [1.82, 2.24) is 9.88 Å². The van der Waals surface area contributed by atoms with Gasteiger partial charge in [-0.05, 0) is 19.1 Å². The molecule has 0 aliphatic carbocycles. The van der Waals surface area contributed by atoms with Crippen LogP contribution in [0.3, 0.4) is 0 Å². The smallest absolute Gasteiger partial charge is 0.373 e. The average Bonchev–Trinajstić information content (AvgIpc) is 3.16. The first kappa shape index (κ1) is 20.4. The Bertz CT molecular complexity index is 632. The van der Waals surface area contributed by atoms with Gasteiger partial charge < -0.3 is 19.6 Å². The van der Waals surface area contributed by atoms with Gasteiger partial charge in [0.1, 0.15) is 5.76 Å². The first-order chi connectivity index (χ1) is 11.1. The molecule has 2 heterocycles. The molecule has 0 aromatic carbocycles. The number of rotatable bonds is 9. The minimum atomic E-state index is -0.479. The van der Waals surface area contributed by atoms with Gasteiger partial charge in [-0.15, -0.1) is 23.7 Å². The fourth-order valence-corrected chi connectivity index (χ4v) is 2.79. The van der Waals surface area contributed by atoms with Crippen LogP contribution in [-0.4, -0.2) is 42.7 Å². The summed E-state index contributed by atoms with van der Waals surface area (Å²) in [5.41, 5.74) is 5.67. The van der Waals surface area contributed by atoms with Crippen molar-refractivity contribution in [1.29, 1.82) is 0 Å². The second-order valence-electron chi connectivity index (χ2n) is 4.83. The molecule has 0 aliphatic heterocycles. The van der Waals surface area contributed by atoms with Crippen molar-refractivity contribution in [2.75, 3.05) is 32.6 Å². The lowest BCUT2D eigenvalue weighted by atomic mass is 10.3. The maximum atomic E-state index is 11.4. The molecule has 0 amide bonds. The molecule has 0 spiro atoms. The van der Waals surface area contributed by atoms with Gasteiger partial charge in [-0.2, -0.15) is 0 Å². The van der Waals surface area contributed by atoms with Gasteiger partial charge in [0.15, 0.2) is 5.13 Å². The van der Waals surface area contributed by atoms with Crippen molar-refractivity contribution in [3.05, 3.63) is 34.7 Å². The van der Waals surface area contributed by atoms with Crippen LogP contribution in [0.5, 0.6) is 0 Å². The van der Waals surface area contributed by atoms with Crippen molar-refractivity contribution in [3.8, 4) is 0 Å². The molecule has 2 aromatic rings. The molecule has 0 atom stereocenters.